The first kappa shape index (κ1) is 18.2. The van der Waals surface area contributed by atoms with Crippen molar-refractivity contribution in [2.75, 3.05) is 26.2 Å². The molecule has 2 rings (SSSR count). The number of nitrogens with zero attached hydrogens (tertiary/aromatic N) is 1. The van der Waals surface area contributed by atoms with Gasteiger partial charge in [0, 0.05) is 25.0 Å². The lowest BCUT2D eigenvalue weighted by molar-refractivity contribution is -0.144. The van der Waals surface area contributed by atoms with Crippen molar-refractivity contribution in [2.24, 2.45) is 17.3 Å². The first-order chi connectivity index (χ1) is 10.6. The first-order valence-electron chi connectivity index (χ1n) is 8.78. The summed E-state index contributed by atoms with van der Waals surface area (Å²) in [7, 11) is 0. The molecule has 1 saturated carbocycles. The van der Waals surface area contributed by atoms with E-state index in [1.54, 1.807) is 0 Å². The second-order valence-electron chi connectivity index (χ2n) is 8.69. The predicted molar refractivity (Wildman–Crippen MR) is 89.9 cm³/mol. The molecule has 0 aromatic heterocycles. The summed E-state index contributed by atoms with van der Waals surface area (Å²) in [5.41, 5.74) is -0.570. The maximum absolute atomic E-state index is 12.4. The molecule has 0 radical (unpaired) electrons. The lowest BCUT2D eigenvalue weighted by Crippen LogP contribution is -2.48. The van der Waals surface area contributed by atoms with E-state index in [0.29, 0.717) is 18.4 Å². The van der Waals surface area contributed by atoms with Gasteiger partial charge in [0.1, 0.15) is 6.61 Å². The van der Waals surface area contributed by atoms with E-state index >= 15 is 0 Å². The van der Waals surface area contributed by atoms with E-state index < -0.39 is 0 Å². The summed E-state index contributed by atoms with van der Waals surface area (Å²) >= 11 is 0. The first-order valence-corrected chi connectivity index (χ1v) is 8.78. The van der Waals surface area contributed by atoms with Gasteiger partial charge in [-0.15, -0.1) is 0 Å². The zero-order valence-electron chi connectivity index (χ0n) is 15.3. The van der Waals surface area contributed by atoms with Crippen LogP contribution in [0.4, 0.5) is 0 Å². The molecule has 1 aliphatic heterocycles. The van der Waals surface area contributed by atoms with Gasteiger partial charge in [-0.1, -0.05) is 13.8 Å². The minimum atomic E-state index is -0.291. The molecule has 1 N–H and O–H groups in total. The largest absolute Gasteiger partial charge is 0.366 e. The third-order valence-electron chi connectivity index (χ3n) is 4.76. The van der Waals surface area contributed by atoms with Crippen molar-refractivity contribution in [3.63, 3.8) is 0 Å². The third kappa shape index (κ3) is 5.48. The summed E-state index contributed by atoms with van der Waals surface area (Å²) in [4.78, 5) is 26.1. The lowest BCUT2D eigenvalue weighted by atomic mass is 9.84. The van der Waals surface area contributed by atoms with Gasteiger partial charge >= 0.3 is 0 Å². The Labute approximate surface area is 140 Å². The van der Waals surface area contributed by atoms with E-state index in [-0.39, 0.29) is 29.4 Å². The Morgan fingerprint density at radius 1 is 1.13 bits per heavy atom. The average molecular weight is 324 g/mol. The summed E-state index contributed by atoms with van der Waals surface area (Å²) in [5.74, 6) is 1.30. The second-order valence-corrected chi connectivity index (χ2v) is 8.69. The second kappa shape index (κ2) is 6.80. The van der Waals surface area contributed by atoms with Gasteiger partial charge in [-0.2, -0.15) is 0 Å². The van der Waals surface area contributed by atoms with Crippen LogP contribution < -0.4 is 5.32 Å². The summed E-state index contributed by atoms with van der Waals surface area (Å²) < 4.78 is 5.47. The number of carbonyl (C=O) groups is 2. The molecule has 0 aromatic rings. The molecule has 1 heterocycles. The molecule has 0 spiro atoms. The Bertz CT molecular complexity index is 450. The van der Waals surface area contributed by atoms with Crippen molar-refractivity contribution in [1.82, 2.24) is 10.2 Å². The van der Waals surface area contributed by atoms with Crippen molar-refractivity contribution in [1.29, 1.82) is 0 Å². The molecule has 23 heavy (non-hydrogen) atoms. The Morgan fingerprint density at radius 2 is 1.78 bits per heavy atom. The highest BCUT2D eigenvalue weighted by molar-refractivity contribution is 5.82. The van der Waals surface area contributed by atoms with E-state index in [0.717, 1.165) is 32.4 Å². The highest BCUT2D eigenvalue weighted by Crippen LogP contribution is 2.46. The molecule has 5 nitrogen and oxygen atoms in total. The van der Waals surface area contributed by atoms with Crippen LogP contribution in [-0.2, 0) is 14.3 Å². The number of carbonyl (C=O) groups excluding carboxylic acids is 2. The molecule has 132 valence electrons. The van der Waals surface area contributed by atoms with Crippen LogP contribution >= 0.6 is 0 Å². The van der Waals surface area contributed by atoms with Gasteiger partial charge in [0.2, 0.25) is 11.8 Å². The van der Waals surface area contributed by atoms with Crippen LogP contribution in [0.5, 0.6) is 0 Å². The topological polar surface area (TPSA) is 58.6 Å². The Balaban J connectivity index is 1.65. The van der Waals surface area contributed by atoms with Crippen molar-refractivity contribution in [3.05, 3.63) is 0 Å². The molecule has 2 atom stereocenters. The number of hydrogen-bond acceptors (Lipinski definition) is 3. The van der Waals surface area contributed by atoms with Gasteiger partial charge in [-0.25, -0.2) is 0 Å². The quantitative estimate of drug-likeness (QED) is 0.781. The molecule has 1 aliphatic carbocycles. The van der Waals surface area contributed by atoms with Gasteiger partial charge in [-0.3, -0.25) is 9.59 Å². The van der Waals surface area contributed by atoms with Crippen LogP contribution in [0, 0.1) is 17.3 Å². The number of hydrogen-bond donors (Lipinski definition) is 1. The van der Waals surface area contributed by atoms with Crippen LogP contribution in [0.2, 0.25) is 0 Å². The van der Waals surface area contributed by atoms with E-state index in [1.807, 2.05) is 25.7 Å². The third-order valence-corrected chi connectivity index (χ3v) is 4.76. The highest BCUT2D eigenvalue weighted by Gasteiger charge is 2.44. The van der Waals surface area contributed by atoms with Crippen molar-refractivity contribution < 1.29 is 14.3 Å². The van der Waals surface area contributed by atoms with Crippen LogP contribution in [0.25, 0.3) is 0 Å². The number of likely N-dealkylation sites (tertiary alicyclic amines) is 1. The standard InChI is InChI=1S/C18H32N2O3/c1-17(2,3)23-12-15(21)19-11-14-9-13(14)10-18(4,5)16(22)20-7-6-8-20/h13-14H,6-12H2,1-5H3,(H,19,21). The van der Waals surface area contributed by atoms with Crippen LogP contribution in [0.15, 0.2) is 0 Å². The number of nitrogens with one attached hydrogen (secondary N) is 1. The SMILES string of the molecule is CC(C)(C)OCC(=O)NCC1CC1CC(C)(C)C(=O)N1CCC1. The molecule has 1 saturated heterocycles. The normalized spacial score (nSPS) is 24.1. The highest BCUT2D eigenvalue weighted by atomic mass is 16.5. The molecule has 2 fully saturated rings. The van der Waals surface area contributed by atoms with E-state index in [4.69, 9.17) is 4.74 Å². The minimum absolute atomic E-state index is 0.0542. The van der Waals surface area contributed by atoms with Crippen LogP contribution in [-0.4, -0.2) is 48.6 Å². The summed E-state index contributed by atoms with van der Waals surface area (Å²) in [6.07, 6.45) is 3.16. The van der Waals surface area contributed by atoms with Gasteiger partial charge in [0.25, 0.3) is 0 Å². The van der Waals surface area contributed by atoms with Gasteiger partial charge in [0.05, 0.1) is 5.60 Å². The van der Waals surface area contributed by atoms with E-state index in [9.17, 15) is 9.59 Å². The zero-order valence-corrected chi connectivity index (χ0v) is 15.3. The maximum Gasteiger partial charge on any atom is 0.246 e. The van der Waals surface area contributed by atoms with Crippen LogP contribution in [0.1, 0.15) is 53.9 Å². The molecule has 2 unspecified atom stereocenters. The number of amides is 2. The predicted octanol–water partition coefficient (Wildman–Crippen LogP) is 2.20. The van der Waals surface area contributed by atoms with Crippen molar-refractivity contribution in [2.45, 2.75) is 59.5 Å². The summed E-state index contributed by atoms with van der Waals surface area (Å²) in [6.45, 7) is 12.6. The maximum atomic E-state index is 12.4. The lowest BCUT2D eigenvalue weighted by Gasteiger charge is -2.37. The Morgan fingerprint density at radius 3 is 2.30 bits per heavy atom. The van der Waals surface area contributed by atoms with Crippen LogP contribution in [0.3, 0.4) is 0 Å². The molecule has 5 heteroatoms. The molecular weight excluding hydrogens is 292 g/mol. The van der Waals surface area contributed by atoms with Gasteiger partial charge in [-0.05, 0) is 51.9 Å². The van der Waals surface area contributed by atoms with Crippen molar-refractivity contribution >= 4 is 11.8 Å². The number of ether oxygens (including phenoxy) is 1. The summed E-state index contributed by atoms with van der Waals surface area (Å²) in [6, 6.07) is 0. The molecule has 0 bridgehead atoms. The Hall–Kier alpha value is -1.10. The molecule has 2 amide bonds. The van der Waals surface area contributed by atoms with E-state index in [1.165, 1.54) is 0 Å². The fourth-order valence-corrected chi connectivity index (χ4v) is 3.08. The zero-order chi connectivity index (χ0) is 17.3. The van der Waals surface area contributed by atoms with Gasteiger partial charge in [0.15, 0.2) is 0 Å². The van der Waals surface area contributed by atoms with Crippen molar-refractivity contribution in [3.8, 4) is 0 Å². The fourth-order valence-electron chi connectivity index (χ4n) is 3.08. The minimum Gasteiger partial charge on any atom is -0.366 e. The molecule has 0 aromatic carbocycles. The average Bonchev–Trinajstić information content (AvgIpc) is 3.08. The van der Waals surface area contributed by atoms with Gasteiger partial charge < -0.3 is 15.0 Å². The molecular formula is C18H32N2O3. The summed E-state index contributed by atoms with van der Waals surface area (Å²) in [5, 5.41) is 2.95. The number of rotatable bonds is 7. The molecule has 2 aliphatic rings. The smallest absolute Gasteiger partial charge is 0.246 e. The monoisotopic (exact) mass is 324 g/mol. The van der Waals surface area contributed by atoms with E-state index in [2.05, 4.69) is 19.2 Å². The fraction of sp³-hybridized carbons (Fsp3) is 0.889. The Kier molecular flexibility index (Phi) is 5.39.